The molecule has 3 rings (SSSR count). The minimum Gasteiger partial charge on any atom is -0.481 e. The second kappa shape index (κ2) is 5.83. The Morgan fingerprint density at radius 2 is 2.15 bits per heavy atom. The molecule has 2 atom stereocenters. The zero-order valence-electron chi connectivity index (χ0n) is 12.1. The molecule has 20 heavy (non-hydrogen) atoms. The van der Waals surface area contributed by atoms with Crippen LogP contribution in [0.25, 0.3) is 0 Å². The van der Waals surface area contributed by atoms with Crippen LogP contribution in [0.4, 0.5) is 5.82 Å². The third-order valence-electron chi connectivity index (χ3n) is 4.28. The van der Waals surface area contributed by atoms with Gasteiger partial charge in [0.25, 0.3) is 0 Å². The smallest absolute Gasteiger partial charge is 0.321 e. The first-order valence-electron chi connectivity index (χ1n) is 7.25. The van der Waals surface area contributed by atoms with Crippen molar-refractivity contribution >= 4 is 5.82 Å². The van der Waals surface area contributed by atoms with Gasteiger partial charge in [0.05, 0.1) is 14.2 Å². The average Bonchev–Trinajstić information content (AvgIpc) is 2.53. The topological polar surface area (TPSA) is 59.5 Å². The molecule has 1 aromatic heterocycles. The molecule has 6 heteroatoms. The van der Waals surface area contributed by atoms with Crippen LogP contribution < -0.4 is 19.7 Å². The summed E-state index contributed by atoms with van der Waals surface area (Å²) in [6, 6.07) is 2.92. The number of nitrogens with zero attached hydrogens (tertiary/aromatic N) is 3. The van der Waals surface area contributed by atoms with E-state index >= 15 is 0 Å². The van der Waals surface area contributed by atoms with Gasteiger partial charge in [-0.15, -0.1) is 0 Å². The van der Waals surface area contributed by atoms with E-state index in [0.29, 0.717) is 23.9 Å². The molecule has 1 N–H and O–H groups in total. The number of rotatable bonds is 3. The molecular weight excluding hydrogens is 256 g/mol. The van der Waals surface area contributed by atoms with E-state index in [2.05, 4.69) is 20.2 Å². The molecule has 6 nitrogen and oxygen atoms in total. The van der Waals surface area contributed by atoms with Gasteiger partial charge >= 0.3 is 6.01 Å². The summed E-state index contributed by atoms with van der Waals surface area (Å²) in [6.45, 7) is 3.22. The lowest BCUT2D eigenvalue weighted by molar-refractivity contribution is 0.243. The number of ether oxygens (including phenoxy) is 2. The van der Waals surface area contributed by atoms with Crippen LogP contribution in [0.15, 0.2) is 6.07 Å². The van der Waals surface area contributed by atoms with E-state index in [1.807, 2.05) is 6.07 Å². The summed E-state index contributed by atoms with van der Waals surface area (Å²) in [4.78, 5) is 10.9. The van der Waals surface area contributed by atoms with Crippen molar-refractivity contribution in [3.8, 4) is 11.9 Å². The molecule has 0 saturated carbocycles. The highest BCUT2D eigenvalue weighted by Crippen LogP contribution is 2.29. The summed E-state index contributed by atoms with van der Waals surface area (Å²) in [5, 5.41) is 3.63. The second-order valence-corrected chi connectivity index (χ2v) is 5.45. The largest absolute Gasteiger partial charge is 0.481 e. The van der Waals surface area contributed by atoms with Crippen LogP contribution in [0.3, 0.4) is 0 Å². The molecule has 2 aliphatic heterocycles. The van der Waals surface area contributed by atoms with Gasteiger partial charge in [0.2, 0.25) is 5.88 Å². The van der Waals surface area contributed by atoms with Crippen LogP contribution in [-0.4, -0.2) is 49.9 Å². The standard InChI is InChI=1S/C14H22N4O2/c1-19-13-8-12(16-14(17-13)20-2)18-7-5-11-10(9-18)4-3-6-15-11/h8,10-11,15H,3-7,9H2,1-2H3/t10-,11+/m1/s1. The van der Waals surface area contributed by atoms with Gasteiger partial charge in [-0.05, 0) is 31.7 Å². The number of aromatic nitrogens is 2. The minimum absolute atomic E-state index is 0.364. The maximum atomic E-state index is 5.22. The lowest BCUT2D eigenvalue weighted by Crippen LogP contribution is -2.52. The molecule has 0 radical (unpaired) electrons. The van der Waals surface area contributed by atoms with E-state index in [-0.39, 0.29) is 0 Å². The second-order valence-electron chi connectivity index (χ2n) is 5.45. The van der Waals surface area contributed by atoms with Gasteiger partial charge in [-0.25, -0.2) is 0 Å². The molecule has 0 aliphatic carbocycles. The summed E-state index contributed by atoms with van der Waals surface area (Å²) in [5.74, 6) is 2.16. The molecule has 0 bridgehead atoms. The molecule has 0 aromatic carbocycles. The zero-order valence-corrected chi connectivity index (χ0v) is 12.1. The van der Waals surface area contributed by atoms with E-state index in [0.717, 1.165) is 25.5 Å². The number of piperidine rings is 2. The first kappa shape index (κ1) is 13.4. The monoisotopic (exact) mass is 278 g/mol. The van der Waals surface area contributed by atoms with Crippen molar-refractivity contribution < 1.29 is 9.47 Å². The molecule has 2 saturated heterocycles. The van der Waals surface area contributed by atoms with Crippen LogP contribution in [0.5, 0.6) is 11.9 Å². The molecule has 2 fully saturated rings. The predicted molar refractivity (Wildman–Crippen MR) is 76.5 cm³/mol. The van der Waals surface area contributed by atoms with Crippen molar-refractivity contribution in [2.24, 2.45) is 5.92 Å². The first-order chi connectivity index (χ1) is 9.80. The van der Waals surface area contributed by atoms with E-state index < -0.39 is 0 Å². The van der Waals surface area contributed by atoms with Gasteiger partial charge in [0.15, 0.2) is 0 Å². The third kappa shape index (κ3) is 2.65. The van der Waals surface area contributed by atoms with Crippen molar-refractivity contribution in [3.63, 3.8) is 0 Å². The number of nitrogens with one attached hydrogen (secondary N) is 1. The lowest BCUT2D eigenvalue weighted by atomic mass is 9.85. The van der Waals surface area contributed by atoms with E-state index in [1.165, 1.54) is 19.3 Å². The Balaban J connectivity index is 1.78. The Morgan fingerprint density at radius 3 is 2.95 bits per heavy atom. The van der Waals surface area contributed by atoms with Gasteiger partial charge in [-0.2, -0.15) is 9.97 Å². The zero-order chi connectivity index (χ0) is 13.9. The summed E-state index contributed by atoms with van der Waals surface area (Å²) in [7, 11) is 3.19. The van der Waals surface area contributed by atoms with Crippen LogP contribution in [0.1, 0.15) is 19.3 Å². The fraction of sp³-hybridized carbons (Fsp3) is 0.714. The van der Waals surface area contributed by atoms with Crippen molar-refractivity contribution in [1.82, 2.24) is 15.3 Å². The Hall–Kier alpha value is -1.56. The minimum atomic E-state index is 0.364. The van der Waals surface area contributed by atoms with Crippen molar-refractivity contribution in [2.75, 3.05) is 38.8 Å². The van der Waals surface area contributed by atoms with Crippen LogP contribution in [0, 0.1) is 5.92 Å². The maximum Gasteiger partial charge on any atom is 0.321 e. The van der Waals surface area contributed by atoms with Crippen molar-refractivity contribution in [3.05, 3.63) is 6.07 Å². The molecule has 2 aliphatic rings. The lowest BCUT2D eigenvalue weighted by Gasteiger charge is -2.42. The maximum absolute atomic E-state index is 5.22. The molecular formula is C14H22N4O2. The molecule has 0 amide bonds. The van der Waals surface area contributed by atoms with Crippen molar-refractivity contribution in [1.29, 1.82) is 0 Å². The van der Waals surface area contributed by atoms with Gasteiger partial charge in [-0.3, -0.25) is 0 Å². The Labute approximate surface area is 119 Å². The molecule has 1 aromatic rings. The molecule has 110 valence electrons. The van der Waals surface area contributed by atoms with Gasteiger partial charge in [0, 0.05) is 25.2 Å². The summed E-state index contributed by atoms with van der Waals surface area (Å²) < 4.78 is 10.4. The van der Waals surface area contributed by atoms with E-state index in [4.69, 9.17) is 9.47 Å². The van der Waals surface area contributed by atoms with Crippen LogP contribution >= 0.6 is 0 Å². The fourth-order valence-electron chi connectivity index (χ4n) is 3.20. The number of hydrogen-bond acceptors (Lipinski definition) is 6. The number of methoxy groups -OCH3 is 2. The molecule has 0 unspecified atom stereocenters. The summed E-state index contributed by atoms with van der Waals surface area (Å²) >= 11 is 0. The van der Waals surface area contributed by atoms with Gasteiger partial charge < -0.3 is 19.7 Å². The predicted octanol–water partition coefficient (Wildman–Crippen LogP) is 1.07. The molecule has 0 spiro atoms. The first-order valence-corrected chi connectivity index (χ1v) is 7.25. The van der Waals surface area contributed by atoms with Crippen LogP contribution in [0.2, 0.25) is 0 Å². The Bertz CT molecular complexity index is 446. The van der Waals surface area contributed by atoms with Crippen LogP contribution in [-0.2, 0) is 0 Å². The highest BCUT2D eigenvalue weighted by atomic mass is 16.5. The quantitative estimate of drug-likeness (QED) is 0.892. The third-order valence-corrected chi connectivity index (χ3v) is 4.28. The summed E-state index contributed by atoms with van der Waals surface area (Å²) in [6.07, 6.45) is 3.73. The van der Waals surface area contributed by atoms with E-state index in [9.17, 15) is 0 Å². The Morgan fingerprint density at radius 1 is 1.25 bits per heavy atom. The average molecular weight is 278 g/mol. The van der Waals surface area contributed by atoms with Crippen molar-refractivity contribution in [2.45, 2.75) is 25.3 Å². The number of fused-ring (bicyclic) bond motifs is 1. The van der Waals surface area contributed by atoms with E-state index in [1.54, 1.807) is 14.2 Å². The van der Waals surface area contributed by atoms with Gasteiger partial charge in [0.1, 0.15) is 5.82 Å². The normalized spacial score (nSPS) is 26.0. The Kier molecular flexibility index (Phi) is 3.91. The highest BCUT2D eigenvalue weighted by Gasteiger charge is 2.31. The SMILES string of the molecule is COc1cc(N2CC[C@@H]3NCCC[C@@H]3C2)nc(OC)n1. The number of hydrogen-bond donors (Lipinski definition) is 1. The molecule has 3 heterocycles. The highest BCUT2D eigenvalue weighted by molar-refractivity contribution is 5.43. The summed E-state index contributed by atoms with van der Waals surface area (Å²) in [5.41, 5.74) is 0. The van der Waals surface area contributed by atoms with Gasteiger partial charge in [-0.1, -0.05) is 0 Å². The fourth-order valence-corrected chi connectivity index (χ4v) is 3.20. The number of anilines is 1.